The summed E-state index contributed by atoms with van der Waals surface area (Å²) >= 11 is 3.48. The van der Waals surface area contributed by atoms with Crippen LogP contribution in [0.25, 0.3) is 22.2 Å². The lowest BCUT2D eigenvalue weighted by molar-refractivity contribution is -0.384. The van der Waals surface area contributed by atoms with Crippen molar-refractivity contribution < 1.29 is 14.4 Å². The first-order valence-electron chi connectivity index (χ1n) is 10.6. The second-order valence-electron chi connectivity index (χ2n) is 8.00. The zero-order valence-corrected chi connectivity index (χ0v) is 21.2. The predicted octanol–water partition coefficient (Wildman–Crippen LogP) is 3.64. The Morgan fingerprint density at radius 1 is 1.00 bits per heavy atom. The molecule has 0 N–H and O–H groups in total. The molecule has 4 aromatic rings. The van der Waals surface area contributed by atoms with Crippen molar-refractivity contribution in [2.45, 2.75) is 13.0 Å². The van der Waals surface area contributed by atoms with Gasteiger partial charge < -0.3 is 14.0 Å². The van der Waals surface area contributed by atoms with Gasteiger partial charge in [0.25, 0.3) is 11.2 Å². The van der Waals surface area contributed by atoms with Gasteiger partial charge in [-0.3, -0.25) is 24.0 Å². The van der Waals surface area contributed by atoms with Gasteiger partial charge >= 0.3 is 5.69 Å². The van der Waals surface area contributed by atoms with Gasteiger partial charge in [0.1, 0.15) is 0 Å². The number of hydrogen-bond donors (Lipinski definition) is 0. The van der Waals surface area contributed by atoms with Gasteiger partial charge in [-0.2, -0.15) is 0 Å². The topological polar surface area (TPSA) is 111 Å². The molecule has 0 radical (unpaired) electrons. The lowest BCUT2D eigenvalue weighted by Crippen LogP contribution is -2.36. The van der Waals surface area contributed by atoms with Gasteiger partial charge in [-0.15, -0.1) is 0 Å². The molecule has 10 nitrogen and oxygen atoms in total. The van der Waals surface area contributed by atoms with Crippen LogP contribution in [-0.2, 0) is 27.1 Å². The number of fused-ring (bicyclic) bond motifs is 1. The second kappa shape index (κ2) is 9.41. The molecule has 35 heavy (non-hydrogen) atoms. The molecule has 11 heteroatoms. The average Bonchev–Trinajstić information content (AvgIpc) is 3.24. The molecular formula is C24H23BrN4O6. The van der Waals surface area contributed by atoms with Gasteiger partial charge in [0.2, 0.25) is 0 Å². The highest BCUT2D eigenvalue weighted by Gasteiger charge is 2.22. The minimum Gasteiger partial charge on any atom is -0.493 e. The lowest BCUT2D eigenvalue weighted by Gasteiger charge is -2.13. The molecule has 182 valence electrons. The van der Waals surface area contributed by atoms with Crippen molar-refractivity contribution in [1.82, 2.24) is 13.7 Å². The highest BCUT2D eigenvalue weighted by atomic mass is 79.9. The van der Waals surface area contributed by atoms with Gasteiger partial charge in [-0.25, -0.2) is 4.79 Å². The fraction of sp³-hybridized carbons (Fsp3) is 0.250. The van der Waals surface area contributed by atoms with E-state index >= 15 is 0 Å². The molecule has 0 fully saturated rings. The smallest absolute Gasteiger partial charge is 0.330 e. The van der Waals surface area contributed by atoms with Crippen molar-refractivity contribution >= 4 is 32.5 Å². The molecule has 0 saturated carbocycles. The van der Waals surface area contributed by atoms with Crippen LogP contribution in [0.2, 0.25) is 0 Å². The summed E-state index contributed by atoms with van der Waals surface area (Å²) in [5, 5.41) is 11.8. The van der Waals surface area contributed by atoms with Gasteiger partial charge in [0.05, 0.1) is 35.7 Å². The summed E-state index contributed by atoms with van der Waals surface area (Å²) in [7, 11) is 6.14. The molecule has 2 aromatic carbocycles. The summed E-state index contributed by atoms with van der Waals surface area (Å²) in [6.45, 7) is 0.436. The van der Waals surface area contributed by atoms with Crippen LogP contribution in [0, 0.1) is 10.1 Å². The fourth-order valence-corrected chi connectivity index (χ4v) is 4.58. The van der Waals surface area contributed by atoms with E-state index in [1.54, 1.807) is 33.5 Å². The number of nitro benzene ring substituents is 1. The van der Waals surface area contributed by atoms with Crippen LogP contribution in [0.1, 0.15) is 5.56 Å². The Balaban J connectivity index is 1.93. The molecule has 0 spiro atoms. The average molecular weight is 543 g/mol. The van der Waals surface area contributed by atoms with Crippen molar-refractivity contribution in [2.24, 2.45) is 14.1 Å². The summed E-state index contributed by atoms with van der Waals surface area (Å²) in [5.74, 6) is 1.21. The largest absolute Gasteiger partial charge is 0.493 e. The first-order chi connectivity index (χ1) is 16.7. The van der Waals surface area contributed by atoms with Crippen LogP contribution in [0.4, 0.5) is 5.69 Å². The number of aryl methyl sites for hydroxylation is 3. The third kappa shape index (κ3) is 4.23. The van der Waals surface area contributed by atoms with Crippen LogP contribution in [0.3, 0.4) is 0 Å². The van der Waals surface area contributed by atoms with Crippen molar-refractivity contribution in [3.05, 3.63) is 83.6 Å². The zero-order chi connectivity index (χ0) is 25.4. The number of rotatable bonds is 7. The van der Waals surface area contributed by atoms with E-state index < -0.39 is 16.2 Å². The first-order valence-corrected chi connectivity index (χ1v) is 11.4. The Kier molecular flexibility index (Phi) is 6.53. The third-order valence-electron chi connectivity index (χ3n) is 6.02. The Labute approximate surface area is 208 Å². The molecule has 0 aliphatic carbocycles. The van der Waals surface area contributed by atoms with Crippen molar-refractivity contribution in [3.8, 4) is 22.8 Å². The monoisotopic (exact) mass is 542 g/mol. The van der Waals surface area contributed by atoms with Gasteiger partial charge in [-0.05, 0) is 30.2 Å². The summed E-state index contributed by atoms with van der Waals surface area (Å²) in [4.78, 5) is 36.8. The number of benzene rings is 2. The molecule has 0 aliphatic rings. The Morgan fingerprint density at radius 2 is 1.71 bits per heavy atom. The van der Waals surface area contributed by atoms with E-state index in [4.69, 9.17) is 9.47 Å². The quantitative estimate of drug-likeness (QED) is 0.260. The maximum Gasteiger partial charge on any atom is 0.330 e. The Hall–Kier alpha value is -3.86. The van der Waals surface area contributed by atoms with Crippen LogP contribution in [0.15, 0.2) is 56.7 Å². The normalized spacial score (nSPS) is 11.1. The van der Waals surface area contributed by atoms with E-state index in [1.165, 1.54) is 23.7 Å². The third-order valence-corrected chi connectivity index (χ3v) is 6.71. The molecule has 2 heterocycles. The molecule has 0 bridgehead atoms. The first kappa shape index (κ1) is 24.3. The van der Waals surface area contributed by atoms with E-state index in [0.717, 1.165) is 10.1 Å². The maximum atomic E-state index is 13.2. The van der Waals surface area contributed by atoms with E-state index in [-0.39, 0.29) is 5.69 Å². The summed E-state index contributed by atoms with van der Waals surface area (Å²) in [6, 6.07) is 10.0. The van der Waals surface area contributed by atoms with Crippen molar-refractivity contribution in [1.29, 1.82) is 0 Å². The highest BCUT2D eigenvalue weighted by molar-refractivity contribution is 9.10. The molecule has 4 rings (SSSR count). The van der Waals surface area contributed by atoms with E-state index in [0.29, 0.717) is 51.1 Å². The SMILES string of the molecule is COc1ccc(CCn2cc3c(c2-c2cc([N+](=O)[O-])ccc2Br)c(=O)n(C)c(=O)n3C)cc1OC. The molecule has 0 saturated heterocycles. The lowest BCUT2D eigenvalue weighted by atomic mass is 10.1. The van der Waals surface area contributed by atoms with Crippen LogP contribution in [0.5, 0.6) is 11.5 Å². The molecule has 0 amide bonds. The molecule has 0 atom stereocenters. The van der Waals surface area contributed by atoms with E-state index in [2.05, 4.69) is 15.9 Å². The minimum absolute atomic E-state index is 0.106. The van der Waals surface area contributed by atoms with Crippen LogP contribution >= 0.6 is 15.9 Å². The number of nitrogens with zero attached hydrogens (tertiary/aromatic N) is 4. The maximum absolute atomic E-state index is 13.2. The number of hydrogen-bond acceptors (Lipinski definition) is 6. The molecule has 0 unspecified atom stereocenters. The van der Waals surface area contributed by atoms with Crippen molar-refractivity contribution in [2.75, 3.05) is 14.2 Å². The summed E-state index contributed by atoms with van der Waals surface area (Å²) < 4.78 is 15.6. The highest BCUT2D eigenvalue weighted by Crippen LogP contribution is 2.36. The summed E-state index contributed by atoms with van der Waals surface area (Å²) in [5.41, 5.74) is 1.35. The summed E-state index contributed by atoms with van der Waals surface area (Å²) in [6.07, 6.45) is 2.30. The van der Waals surface area contributed by atoms with E-state index in [9.17, 15) is 19.7 Å². The molecular weight excluding hydrogens is 520 g/mol. The van der Waals surface area contributed by atoms with Gasteiger partial charge in [-0.1, -0.05) is 22.0 Å². The Bertz CT molecular complexity index is 1580. The van der Waals surface area contributed by atoms with Gasteiger partial charge in [0, 0.05) is 49.0 Å². The fourth-order valence-electron chi connectivity index (χ4n) is 4.15. The zero-order valence-electron chi connectivity index (χ0n) is 19.6. The predicted molar refractivity (Wildman–Crippen MR) is 135 cm³/mol. The Morgan fingerprint density at radius 3 is 2.37 bits per heavy atom. The number of ether oxygens (including phenoxy) is 2. The standard InChI is InChI=1S/C24H23BrN4O6/c1-26-18-13-28(10-9-14-5-8-19(34-3)20(11-14)35-4)22(21(18)23(30)27(2)24(26)31)16-12-15(29(32)33)6-7-17(16)25/h5-8,11-13H,9-10H2,1-4H3. The number of methoxy groups -OCH3 is 2. The molecule has 2 aromatic heterocycles. The van der Waals surface area contributed by atoms with Crippen LogP contribution in [-0.4, -0.2) is 32.8 Å². The number of aromatic nitrogens is 3. The number of halogens is 1. The number of nitro groups is 1. The number of non-ortho nitro benzene ring substituents is 1. The minimum atomic E-state index is -0.483. The van der Waals surface area contributed by atoms with Crippen LogP contribution < -0.4 is 20.7 Å². The van der Waals surface area contributed by atoms with E-state index in [1.807, 2.05) is 22.8 Å². The van der Waals surface area contributed by atoms with Crippen molar-refractivity contribution in [3.63, 3.8) is 0 Å². The van der Waals surface area contributed by atoms with Gasteiger partial charge in [0.15, 0.2) is 11.5 Å². The molecule has 0 aliphatic heterocycles. The second-order valence-corrected chi connectivity index (χ2v) is 8.85.